The summed E-state index contributed by atoms with van der Waals surface area (Å²) < 4.78 is 46.1. The van der Waals surface area contributed by atoms with Crippen LogP contribution in [0.5, 0.6) is 11.5 Å². The third-order valence-electron chi connectivity index (χ3n) is 10.9. The topological polar surface area (TPSA) is 64.6 Å². The Bertz CT molecular complexity index is 2290. The third kappa shape index (κ3) is 11.9. The van der Waals surface area contributed by atoms with Gasteiger partial charge in [0.25, 0.3) is 0 Å². The molecule has 0 fully saturated rings. The van der Waals surface area contributed by atoms with Gasteiger partial charge in [-0.05, 0) is 63.2 Å². The van der Waals surface area contributed by atoms with Gasteiger partial charge in [0.2, 0.25) is 0 Å². The van der Waals surface area contributed by atoms with Crippen LogP contribution in [0.4, 0.5) is 0 Å². The fraction of sp³-hybridized carbons (Fsp3) is 0.214. The molecule has 0 aliphatic heterocycles. The second kappa shape index (κ2) is 23.1. The van der Waals surface area contributed by atoms with E-state index < -0.39 is 30.0 Å². The van der Waals surface area contributed by atoms with Crippen molar-refractivity contribution in [3.63, 3.8) is 0 Å². The Kier molecular flexibility index (Phi) is 16.3. The molecule has 7 aromatic carbocycles. The molecule has 0 saturated heterocycles. The highest BCUT2D eigenvalue weighted by Crippen LogP contribution is 2.41. The first kappa shape index (κ1) is 44.6. The van der Waals surface area contributed by atoms with Crippen molar-refractivity contribution in [1.29, 1.82) is 0 Å². The average molecular weight is 839 g/mol. The van der Waals surface area contributed by atoms with Crippen molar-refractivity contribution in [2.75, 3.05) is 20.8 Å². The maximum Gasteiger partial charge on any atom is 0.147 e. The van der Waals surface area contributed by atoms with Gasteiger partial charge in [-0.3, -0.25) is 0 Å². The van der Waals surface area contributed by atoms with Crippen LogP contribution in [0, 0.1) is 12.3 Å². The zero-order valence-corrected chi connectivity index (χ0v) is 35.8. The van der Waals surface area contributed by atoms with Crippen LogP contribution in [0.2, 0.25) is 0 Å². The van der Waals surface area contributed by atoms with Crippen LogP contribution in [0.25, 0.3) is 0 Å². The maximum atomic E-state index is 7.50. The van der Waals surface area contributed by atoms with E-state index in [-0.39, 0.29) is 33.0 Å². The van der Waals surface area contributed by atoms with Crippen molar-refractivity contribution < 1.29 is 33.2 Å². The van der Waals surface area contributed by atoms with Crippen molar-refractivity contribution in [2.45, 2.75) is 56.4 Å². The zero-order valence-electron chi connectivity index (χ0n) is 35.8. The van der Waals surface area contributed by atoms with E-state index in [1.165, 1.54) is 0 Å². The molecule has 0 aliphatic rings. The van der Waals surface area contributed by atoms with Crippen molar-refractivity contribution in [3.05, 3.63) is 239 Å². The molecule has 0 saturated carbocycles. The van der Waals surface area contributed by atoms with Gasteiger partial charge < -0.3 is 33.2 Å². The SMILES string of the molecule is C#C[C@H](OCc1ccc(OC)cc1)[C@@H](OCc1ccccc1)[C@H](OCc1ccc(OC)cc1)[C@@H](COC(c1ccccc1)(c1ccccc1)c1ccccc1)OCc1ccccc1. The van der Waals surface area contributed by atoms with Crippen LogP contribution >= 0.6 is 0 Å². The molecule has 0 unspecified atom stereocenters. The van der Waals surface area contributed by atoms with Crippen LogP contribution in [0.3, 0.4) is 0 Å². The van der Waals surface area contributed by atoms with Crippen LogP contribution in [-0.2, 0) is 55.7 Å². The first-order valence-corrected chi connectivity index (χ1v) is 21.2. The van der Waals surface area contributed by atoms with Gasteiger partial charge >= 0.3 is 0 Å². The van der Waals surface area contributed by atoms with Gasteiger partial charge in [-0.25, -0.2) is 0 Å². The lowest BCUT2D eigenvalue weighted by Gasteiger charge is -2.40. The van der Waals surface area contributed by atoms with E-state index in [0.29, 0.717) is 0 Å². The molecular weight excluding hydrogens is 785 g/mol. The zero-order chi connectivity index (χ0) is 43.5. The number of ether oxygens (including phenoxy) is 7. The van der Waals surface area contributed by atoms with E-state index in [9.17, 15) is 0 Å². The van der Waals surface area contributed by atoms with Crippen molar-refractivity contribution in [3.8, 4) is 23.8 Å². The van der Waals surface area contributed by atoms with Crippen molar-refractivity contribution in [2.24, 2.45) is 0 Å². The quantitative estimate of drug-likeness (QED) is 0.0470. The predicted octanol–water partition coefficient (Wildman–Crippen LogP) is 11.0. The molecule has 7 heteroatoms. The number of rotatable bonds is 23. The summed E-state index contributed by atoms with van der Waals surface area (Å²) in [6.45, 7) is 1.01. The maximum absolute atomic E-state index is 7.50. The second-order valence-electron chi connectivity index (χ2n) is 15.1. The normalized spacial score (nSPS) is 13.3. The Morgan fingerprint density at radius 3 is 1.16 bits per heavy atom. The number of methoxy groups -OCH3 is 2. The molecule has 0 bridgehead atoms. The Labute approximate surface area is 372 Å². The van der Waals surface area contributed by atoms with E-state index in [4.69, 9.17) is 39.6 Å². The number of terminal acetylenes is 1. The number of hydrogen-bond donors (Lipinski definition) is 0. The third-order valence-corrected chi connectivity index (χ3v) is 10.9. The summed E-state index contributed by atoms with van der Waals surface area (Å²) in [6, 6.07) is 66.4. The molecule has 0 heterocycles. The van der Waals surface area contributed by atoms with E-state index in [1.807, 2.05) is 164 Å². The predicted molar refractivity (Wildman–Crippen MR) is 247 cm³/mol. The highest BCUT2D eigenvalue weighted by molar-refractivity contribution is 5.47. The lowest BCUT2D eigenvalue weighted by molar-refractivity contribution is -0.196. The molecule has 0 N–H and O–H groups in total. The highest BCUT2D eigenvalue weighted by Gasteiger charge is 2.43. The molecule has 320 valence electrons. The molecule has 0 amide bonds. The van der Waals surface area contributed by atoms with E-state index in [2.05, 4.69) is 42.3 Å². The molecule has 0 aromatic heterocycles. The van der Waals surface area contributed by atoms with Gasteiger partial charge in [0.05, 0.1) is 47.3 Å². The molecule has 0 aliphatic carbocycles. The molecule has 0 radical (unpaired) electrons. The van der Waals surface area contributed by atoms with Gasteiger partial charge in [0.15, 0.2) is 0 Å². The molecule has 4 atom stereocenters. The first-order chi connectivity index (χ1) is 31.1. The van der Waals surface area contributed by atoms with Crippen molar-refractivity contribution in [1.82, 2.24) is 0 Å². The summed E-state index contributed by atoms with van der Waals surface area (Å²) in [5.41, 5.74) is 5.64. The Balaban J connectivity index is 1.33. The fourth-order valence-electron chi connectivity index (χ4n) is 7.59. The lowest BCUT2D eigenvalue weighted by Crippen LogP contribution is -2.51. The van der Waals surface area contributed by atoms with Crippen LogP contribution in [0.1, 0.15) is 38.9 Å². The fourth-order valence-corrected chi connectivity index (χ4v) is 7.59. The second-order valence-corrected chi connectivity index (χ2v) is 15.1. The summed E-state index contributed by atoms with van der Waals surface area (Å²) in [6.07, 6.45) is 3.17. The molecular formula is C56H54O7. The first-order valence-electron chi connectivity index (χ1n) is 21.2. The van der Waals surface area contributed by atoms with Gasteiger partial charge in [0, 0.05) is 0 Å². The molecule has 7 aromatic rings. The minimum atomic E-state index is -1.05. The smallest absolute Gasteiger partial charge is 0.147 e. The number of benzene rings is 7. The average Bonchev–Trinajstić information content (AvgIpc) is 3.36. The van der Waals surface area contributed by atoms with Crippen LogP contribution in [0.15, 0.2) is 200 Å². The Morgan fingerprint density at radius 2 is 0.762 bits per heavy atom. The van der Waals surface area contributed by atoms with Gasteiger partial charge in [-0.15, -0.1) is 6.42 Å². The minimum absolute atomic E-state index is 0.0692. The molecule has 7 rings (SSSR count). The highest BCUT2D eigenvalue weighted by atomic mass is 16.6. The summed E-state index contributed by atoms with van der Waals surface area (Å²) in [7, 11) is 3.29. The summed E-state index contributed by atoms with van der Waals surface area (Å²) >= 11 is 0. The molecule has 7 nitrogen and oxygen atoms in total. The Morgan fingerprint density at radius 1 is 0.413 bits per heavy atom. The summed E-state index contributed by atoms with van der Waals surface area (Å²) in [5.74, 6) is 4.43. The van der Waals surface area contributed by atoms with E-state index in [0.717, 1.165) is 50.4 Å². The largest absolute Gasteiger partial charge is 0.497 e. The number of hydrogen-bond acceptors (Lipinski definition) is 7. The minimum Gasteiger partial charge on any atom is -0.497 e. The van der Waals surface area contributed by atoms with Crippen LogP contribution < -0.4 is 9.47 Å². The Hall–Kier alpha value is -6.50. The van der Waals surface area contributed by atoms with Gasteiger partial charge in [-0.2, -0.15) is 0 Å². The molecule has 63 heavy (non-hydrogen) atoms. The molecule has 0 spiro atoms. The van der Waals surface area contributed by atoms with E-state index in [1.54, 1.807) is 14.2 Å². The van der Waals surface area contributed by atoms with E-state index >= 15 is 0 Å². The monoisotopic (exact) mass is 838 g/mol. The summed E-state index contributed by atoms with van der Waals surface area (Å²) in [4.78, 5) is 0. The summed E-state index contributed by atoms with van der Waals surface area (Å²) in [5, 5.41) is 0. The van der Waals surface area contributed by atoms with Gasteiger partial charge in [0.1, 0.15) is 41.5 Å². The lowest BCUT2D eigenvalue weighted by atomic mass is 9.80. The van der Waals surface area contributed by atoms with Crippen LogP contribution in [-0.4, -0.2) is 45.2 Å². The standard InChI is InChI=1S/C56H54O7/c1-4-52(59-39-45-30-34-50(57-2)35-31-45)54(61-40-44-22-12-6-13-23-44)55(62-41-46-32-36-51(58-3)37-33-46)53(60-38-43-20-10-5-11-21-43)42-63-56(47-24-14-7-15-25-47,48-26-16-8-17-27-48)49-28-18-9-19-29-49/h1,5-37,52-55H,38-42H2,2-3H3/t52-,53+,54+,55+/m0/s1. The van der Waals surface area contributed by atoms with Crippen molar-refractivity contribution >= 4 is 0 Å². The van der Waals surface area contributed by atoms with Gasteiger partial charge in [-0.1, -0.05) is 182 Å².